The fourth-order valence-corrected chi connectivity index (χ4v) is 2.89. The molecule has 0 aliphatic rings. The highest BCUT2D eigenvalue weighted by Crippen LogP contribution is 2.27. The normalized spacial score (nSPS) is 11.1. The van der Waals surface area contributed by atoms with Crippen LogP contribution in [0.3, 0.4) is 0 Å². The predicted octanol–water partition coefficient (Wildman–Crippen LogP) is 3.92. The molecule has 4 rings (SSSR count). The second-order valence-electron chi connectivity index (χ2n) is 5.74. The zero-order valence-corrected chi connectivity index (χ0v) is 13.0. The van der Waals surface area contributed by atoms with E-state index in [1.165, 1.54) is 12.1 Å². The SMILES string of the molecule is O=C(NCc1cccc(F)c1)c1ccc2c(c1)[nH]c1cncc(F)c12. The number of pyridine rings is 1. The molecule has 0 unspecified atom stereocenters. The number of hydrogen-bond acceptors (Lipinski definition) is 2. The number of aromatic nitrogens is 2. The van der Waals surface area contributed by atoms with Crippen molar-refractivity contribution in [3.63, 3.8) is 0 Å². The van der Waals surface area contributed by atoms with E-state index in [2.05, 4.69) is 15.3 Å². The first-order valence-corrected chi connectivity index (χ1v) is 7.69. The summed E-state index contributed by atoms with van der Waals surface area (Å²) in [6.45, 7) is 0.222. The molecule has 2 N–H and O–H groups in total. The maximum atomic E-state index is 14.0. The summed E-state index contributed by atoms with van der Waals surface area (Å²) < 4.78 is 27.1. The van der Waals surface area contributed by atoms with Gasteiger partial charge in [0, 0.05) is 28.4 Å². The lowest BCUT2D eigenvalue weighted by atomic mass is 10.1. The number of benzene rings is 2. The van der Waals surface area contributed by atoms with Crippen LogP contribution >= 0.6 is 0 Å². The standard InChI is InChI=1S/C19H13F2N3O/c20-13-3-1-2-11(6-13)8-23-19(25)12-4-5-14-16(7-12)24-17-10-22-9-15(21)18(14)17/h1-7,9-10,24H,8H2,(H,23,25). The molecular weight excluding hydrogens is 324 g/mol. The van der Waals surface area contributed by atoms with Crippen LogP contribution in [0.4, 0.5) is 8.78 Å². The molecule has 1 amide bonds. The number of aromatic amines is 1. The number of hydrogen-bond donors (Lipinski definition) is 2. The zero-order valence-electron chi connectivity index (χ0n) is 13.0. The second-order valence-corrected chi connectivity index (χ2v) is 5.74. The van der Waals surface area contributed by atoms with Crippen molar-refractivity contribution in [1.82, 2.24) is 15.3 Å². The Morgan fingerprint density at radius 3 is 2.80 bits per heavy atom. The molecule has 4 nitrogen and oxygen atoms in total. The molecule has 0 aliphatic carbocycles. The van der Waals surface area contributed by atoms with Gasteiger partial charge >= 0.3 is 0 Å². The number of halogens is 2. The molecule has 2 aromatic carbocycles. The molecule has 0 aliphatic heterocycles. The first kappa shape index (κ1) is 15.3. The van der Waals surface area contributed by atoms with Crippen LogP contribution in [0.1, 0.15) is 15.9 Å². The van der Waals surface area contributed by atoms with Gasteiger partial charge < -0.3 is 10.3 Å². The summed E-state index contributed by atoms with van der Waals surface area (Å²) in [7, 11) is 0. The van der Waals surface area contributed by atoms with Crippen molar-refractivity contribution in [3.05, 3.63) is 77.6 Å². The number of rotatable bonds is 3. The molecule has 0 spiro atoms. The molecule has 0 radical (unpaired) electrons. The van der Waals surface area contributed by atoms with E-state index in [0.717, 1.165) is 6.20 Å². The monoisotopic (exact) mass is 337 g/mol. The first-order valence-electron chi connectivity index (χ1n) is 7.69. The number of fused-ring (bicyclic) bond motifs is 3. The smallest absolute Gasteiger partial charge is 0.251 e. The minimum absolute atomic E-state index is 0.222. The van der Waals surface area contributed by atoms with Gasteiger partial charge in [-0.1, -0.05) is 18.2 Å². The molecule has 0 atom stereocenters. The van der Waals surface area contributed by atoms with E-state index < -0.39 is 5.82 Å². The number of carbonyl (C=O) groups excluding carboxylic acids is 1. The summed E-state index contributed by atoms with van der Waals surface area (Å²) in [5, 5.41) is 3.89. The lowest BCUT2D eigenvalue weighted by molar-refractivity contribution is 0.0951. The van der Waals surface area contributed by atoms with Crippen LogP contribution in [0.25, 0.3) is 21.8 Å². The molecule has 2 aromatic heterocycles. The Labute approximate surface area is 141 Å². The molecule has 0 fully saturated rings. The average molecular weight is 337 g/mol. The van der Waals surface area contributed by atoms with Crippen LogP contribution in [0.2, 0.25) is 0 Å². The Hall–Kier alpha value is -3.28. The van der Waals surface area contributed by atoms with E-state index in [-0.39, 0.29) is 18.3 Å². The van der Waals surface area contributed by atoms with Gasteiger partial charge in [-0.25, -0.2) is 8.78 Å². The number of nitrogens with zero attached hydrogens (tertiary/aromatic N) is 1. The van der Waals surface area contributed by atoms with Crippen molar-refractivity contribution < 1.29 is 13.6 Å². The minimum Gasteiger partial charge on any atom is -0.353 e. The van der Waals surface area contributed by atoms with Gasteiger partial charge in [0.15, 0.2) is 5.82 Å². The van der Waals surface area contributed by atoms with Gasteiger partial charge in [-0.15, -0.1) is 0 Å². The quantitative estimate of drug-likeness (QED) is 0.595. The molecule has 0 saturated carbocycles. The molecule has 6 heteroatoms. The Bertz CT molecular complexity index is 1100. The summed E-state index contributed by atoms with van der Waals surface area (Å²) in [6.07, 6.45) is 2.71. The van der Waals surface area contributed by atoms with E-state index in [1.54, 1.807) is 36.5 Å². The van der Waals surface area contributed by atoms with Crippen LogP contribution in [0, 0.1) is 11.6 Å². The highest BCUT2D eigenvalue weighted by atomic mass is 19.1. The third kappa shape index (κ3) is 2.82. The van der Waals surface area contributed by atoms with Crippen LogP contribution in [-0.4, -0.2) is 15.9 Å². The Morgan fingerprint density at radius 1 is 1.08 bits per heavy atom. The summed E-state index contributed by atoms with van der Waals surface area (Å²) >= 11 is 0. The molecule has 0 bridgehead atoms. The molecule has 0 saturated heterocycles. The summed E-state index contributed by atoms with van der Waals surface area (Å²) in [6, 6.07) is 11.1. The number of carbonyl (C=O) groups is 1. The molecule has 25 heavy (non-hydrogen) atoms. The maximum absolute atomic E-state index is 14.0. The Kier molecular flexibility index (Phi) is 3.65. The minimum atomic E-state index is -0.410. The van der Waals surface area contributed by atoms with Crippen molar-refractivity contribution >= 4 is 27.7 Å². The molecule has 124 valence electrons. The van der Waals surface area contributed by atoms with E-state index in [4.69, 9.17) is 0 Å². The van der Waals surface area contributed by atoms with Crippen LogP contribution in [-0.2, 0) is 6.54 Å². The first-order chi connectivity index (χ1) is 12.1. The summed E-state index contributed by atoms with van der Waals surface area (Å²) in [5.41, 5.74) is 2.34. The largest absolute Gasteiger partial charge is 0.353 e. The fraction of sp³-hybridized carbons (Fsp3) is 0.0526. The van der Waals surface area contributed by atoms with E-state index in [9.17, 15) is 13.6 Å². The molecular formula is C19H13F2N3O. The van der Waals surface area contributed by atoms with Crippen LogP contribution in [0.5, 0.6) is 0 Å². The van der Waals surface area contributed by atoms with Gasteiger partial charge in [0.25, 0.3) is 5.91 Å². The van der Waals surface area contributed by atoms with Gasteiger partial charge in [0.2, 0.25) is 0 Å². The lowest BCUT2D eigenvalue weighted by Crippen LogP contribution is -2.22. The third-order valence-electron chi connectivity index (χ3n) is 4.06. The Morgan fingerprint density at radius 2 is 1.96 bits per heavy atom. The Balaban J connectivity index is 1.61. The molecule has 4 aromatic rings. The maximum Gasteiger partial charge on any atom is 0.251 e. The highest BCUT2D eigenvalue weighted by molar-refractivity contribution is 6.09. The lowest BCUT2D eigenvalue weighted by Gasteiger charge is -2.06. The summed E-state index contributed by atoms with van der Waals surface area (Å²) in [4.78, 5) is 19.2. The number of nitrogens with one attached hydrogen (secondary N) is 2. The van der Waals surface area contributed by atoms with Gasteiger partial charge in [0.1, 0.15) is 5.82 Å². The van der Waals surface area contributed by atoms with Crippen molar-refractivity contribution in [2.24, 2.45) is 0 Å². The summed E-state index contributed by atoms with van der Waals surface area (Å²) in [5.74, 6) is -1.04. The van der Waals surface area contributed by atoms with E-state index in [0.29, 0.717) is 32.9 Å². The topological polar surface area (TPSA) is 57.8 Å². The predicted molar refractivity (Wildman–Crippen MR) is 91.1 cm³/mol. The van der Waals surface area contributed by atoms with Crippen LogP contribution < -0.4 is 5.32 Å². The van der Waals surface area contributed by atoms with Gasteiger partial charge in [-0.2, -0.15) is 0 Å². The van der Waals surface area contributed by atoms with E-state index in [1.807, 2.05) is 0 Å². The van der Waals surface area contributed by atoms with Crippen LogP contribution in [0.15, 0.2) is 54.9 Å². The number of amides is 1. The van der Waals surface area contributed by atoms with E-state index >= 15 is 0 Å². The van der Waals surface area contributed by atoms with Crippen molar-refractivity contribution in [2.75, 3.05) is 0 Å². The van der Waals surface area contributed by atoms with Crippen molar-refractivity contribution in [2.45, 2.75) is 6.54 Å². The van der Waals surface area contributed by atoms with Crippen molar-refractivity contribution in [3.8, 4) is 0 Å². The zero-order chi connectivity index (χ0) is 17.4. The van der Waals surface area contributed by atoms with Gasteiger partial charge in [-0.3, -0.25) is 9.78 Å². The fourth-order valence-electron chi connectivity index (χ4n) is 2.89. The van der Waals surface area contributed by atoms with Crippen molar-refractivity contribution in [1.29, 1.82) is 0 Å². The second kappa shape index (κ2) is 5.98. The molecule has 2 heterocycles. The average Bonchev–Trinajstić information content (AvgIpc) is 2.98. The van der Waals surface area contributed by atoms with Gasteiger partial charge in [0.05, 0.1) is 17.9 Å². The van der Waals surface area contributed by atoms with Gasteiger partial charge in [-0.05, 0) is 29.8 Å². The third-order valence-corrected chi connectivity index (χ3v) is 4.06. The highest BCUT2D eigenvalue weighted by Gasteiger charge is 2.12. The number of H-pyrrole nitrogens is 1.